The maximum atomic E-state index is 13.1. The molecule has 1 aliphatic heterocycles. The summed E-state index contributed by atoms with van der Waals surface area (Å²) in [6, 6.07) is 24.1. The number of carbonyl (C=O) groups is 1. The first-order valence-corrected chi connectivity index (χ1v) is 12.9. The lowest BCUT2D eigenvalue weighted by molar-refractivity contribution is -0.115. The van der Waals surface area contributed by atoms with Crippen LogP contribution in [0.5, 0.6) is 5.75 Å². The fourth-order valence-corrected chi connectivity index (χ4v) is 5.76. The van der Waals surface area contributed by atoms with Crippen LogP contribution in [0.1, 0.15) is 24.0 Å². The minimum atomic E-state index is -3.55. The second-order valence-electron chi connectivity index (χ2n) is 8.63. The summed E-state index contributed by atoms with van der Waals surface area (Å²) < 4.78 is 32.9. The van der Waals surface area contributed by atoms with Gasteiger partial charge in [0.05, 0.1) is 18.4 Å². The first kappa shape index (κ1) is 24.0. The van der Waals surface area contributed by atoms with Crippen LogP contribution in [-0.4, -0.2) is 38.8 Å². The number of hydrogen-bond acceptors (Lipinski definition) is 4. The molecule has 1 fully saturated rings. The quantitative estimate of drug-likeness (QED) is 0.517. The van der Waals surface area contributed by atoms with E-state index < -0.39 is 10.0 Å². The van der Waals surface area contributed by atoms with E-state index in [0.717, 1.165) is 30.6 Å². The van der Waals surface area contributed by atoms with Crippen LogP contribution in [0.2, 0.25) is 0 Å². The van der Waals surface area contributed by atoms with Crippen molar-refractivity contribution in [2.45, 2.75) is 30.6 Å². The van der Waals surface area contributed by atoms with Crippen molar-refractivity contribution in [2.24, 2.45) is 5.92 Å². The van der Waals surface area contributed by atoms with Gasteiger partial charge in [0.2, 0.25) is 15.9 Å². The molecule has 1 aliphatic rings. The number of nitrogens with one attached hydrogen (secondary N) is 1. The second kappa shape index (κ2) is 10.8. The lowest BCUT2D eigenvalue weighted by Gasteiger charge is -2.31. The third-order valence-electron chi connectivity index (χ3n) is 6.24. The molecule has 0 atom stereocenters. The molecule has 7 heteroatoms. The Hall–Kier alpha value is -3.16. The van der Waals surface area contributed by atoms with Crippen molar-refractivity contribution in [3.05, 3.63) is 90.0 Å². The molecular weight excluding hydrogens is 448 g/mol. The highest BCUT2D eigenvalue weighted by atomic mass is 32.2. The summed E-state index contributed by atoms with van der Waals surface area (Å²) in [4.78, 5) is 12.6. The minimum absolute atomic E-state index is 0.165. The van der Waals surface area contributed by atoms with Gasteiger partial charge in [-0.25, -0.2) is 8.42 Å². The zero-order chi connectivity index (χ0) is 24.0. The van der Waals surface area contributed by atoms with Crippen LogP contribution in [0.4, 0.5) is 5.69 Å². The number of benzene rings is 3. The van der Waals surface area contributed by atoms with Crippen LogP contribution in [0.15, 0.2) is 83.8 Å². The number of hydrogen-bond donors (Lipinski definition) is 1. The van der Waals surface area contributed by atoms with Crippen LogP contribution < -0.4 is 10.1 Å². The topological polar surface area (TPSA) is 75.7 Å². The van der Waals surface area contributed by atoms with Crippen LogP contribution in [-0.2, 0) is 27.7 Å². The molecule has 0 unspecified atom stereocenters. The standard InChI is InChI=1S/C27H30N2O4S/c1-33-25-11-7-22(8-12-25)20-27(30)28-24-9-13-26(14-10-24)34(31,32)29-17-15-23(16-18-29)19-21-5-3-2-4-6-21/h2-14,23H,15-20H2,1H3,(H,28,30). The van der Waals surface area contributed by atoms with Crippen molar-refractivity contribution in [3.63, 3.8) is 0 Å². The van der Waals surface area contributed by atoms with Crippen molar-refractivity contribution in [2.75, 3.05) is 25.5 Å². The highest BCUT2D eigenvalue weighted by molar-refractivity contribution is 7.89. The molecule has 178 valence electrons. The Balaban J connectivity index is 1.31. The summed E-state index contributed by atoms with van der Waals surface area (Å²) in [5.41, 5.74) is 2.74. The molecule has 1 N–H and O–H groups in total. The summed E-state index contributed by atoms with van der Waals surface area (Å²) >= 11 is 0. The molecule has 0 spiro atoms. The van der Waals surface area contributed by atoms with Gasteiger partial charge in [0, 0.05) is 18.8 Å². The predicted molar refractivity (Wildman–Crippen MR) is 133 cm³/mol. The van der Waals surface area contributed by atoms with Crippen LogP contribution in [0, 0.1) is 5.92 Å². The predicted octanol–water partition coefficient (Wildman–Crippen LogP) is 4.52. The Kier molecular flexibility index (Phi) is 7.65. The van der Waals surface area contributed by atoms with Gasteiger partial charge in [0.25, 0.3) is 0 Å². The van der Waals surface area contributed by atoms with Crippen molar-refractivity contribution < 1.29 is 17.9 Å². The number of sulfonamides is 1. The number of rotatable bonds is 8. The van der Waals surface area contributed by atoms with Crippen LogP contribution in [0.3, 0.4) is 0 Å². The van der Waals surface area contributed by atoms with Gasteiger partial charge in [-0.2, -0.15) is 4.31 Å². The zero-order valence-corrected chi connectivity index (χ0v) is 20.1. The van der Waals surface area contributed by atoms with E-state index >= 15 is 0 Å². The van der Waals surface area contributed by atoms with E-state index in [1.165, 1.54) is 5.56 Å². The van der Waals surface area contributed by atoms with E-state index in [1.54, 1.807) is 35.7 Å². The Labute approximate surface area is 201 Å². The first-order valence-electron chi connectivity index (χ1n) is 11.5. The van der Waals surface area contributed by atoms with E-state index in [9.17, 15) is 13.2 Å². The molecule has 1 amide bonds. The van der Waals surface area contributed by atoms with E-state index in [-0.39, 0.29) is 17.2 Å². The second-order valence-corrected chi connectivity index (χ2v) is 10.6. The average molecular weight is 479 g/mol. The summed E-state index contributed by atoms with van der Waals surface area (Å²) in [5.74, 6) is 1.07. The van der Waals surface area contributed by atoms with Crippen LogP contribution >= 0.6 is 0 Å². The molecule has 3 aromatic carbocycles. The third-order valence-corrected chi connectivity index (χ3v) is 8.15. The van der Waals surface area contributed by atoms with Gasteiger partial charge >= 0.3 is 0 Å². The Bertz CT molecular complexity index is 1190. The highest BCUT2D eigenvalue weighted by Gasteiger charge is 2.29. The molecule has 6 nitrogen and oxygen atoms in total. The number of anilines is 1. The van der Waals surface area contributed by atoms with Crippen molar-refractivity contribution >= 4 is 21.6 Å². The van der Waals surface area contributed by atoms with E-state index in [1.807, 2.05) is 42.5 Å². The molecule has 0 aromatic heterocycles. The SMILES string of the molecule is COc1ccc(CC(=O)Nc2ccc(S(=O)(=O)N3CCC(Cc4ccccc4)CC3)cc2)cc1. The Morgan fingerprint density at radius 2 is 1.56 bits per heavy atom. The van der Waals surface area contributed by atoms with Gasteiger partial charge in [-0.15, -0.1) is 0 Å². The molecule has 0 bridgehead atoms. The smallest absolute Gasteiger partial charge is 0.243 e. The Morgan fingerprint density at radius 1 is 0.912 bits per heavy atom. The van der Waals surface area contributed by atoms with Gasteiger partial charge in [0.1, 0.15) is 5.75 Å². The van der Waals surface area contributed by atoms with Gasteiger partial charge in [0.15, 0.2) is 0 Å². The Morgan fingerprint density at radius 3 is 2.18 bits per heavy atom. The van der Waals surface area contributed by atoms with Gasteiger partial charge < -0.3 is 10.1 Å². The molecule has 34 heavy (non-hydrogen) atoms. The van der Waals surface area contributed by atoms with E-state index in [4.69, 9.17) is 4.74 Å². The van der Waals surface area contributed by atoms with Crippen molar-refractivity contribution in [1.82, 2.24) is 4.31 Å². The number of piperidine rings is 1. The minimum Gasteiger partial charge on any atom is -0.497 e. The molecule has 1 saturated heterocycles. The highest BCUT2D eigenvalue weighted by Crippen LogP contribution is 2.27. The lowest BCUT2D eigenvalue weighted by Crippen LogP contribution is -2.38. The molecule has 0 radical (unpaired) electrons. The van der Waals surface area contributed by atoms with Gasteiger partial charge in [-0.3, -0.25) is 4.79 Å². The molecule has 3 aromatic rings. The number of nitrogens with zero attached hydrogens (tertiary/aromatic N) is 1. The maximum absolute atomic E-state index is 13.1. The summed E-state index contributed by atoms with van der Waals surface area (Å²) in [6.07, 6.45) is 2.92. The van der Waals surface area contributed by atoms with Crippen molar-refractivity contribution in [3.8, 4) is 5.75 Å². The molecule has 0 saturated carbocycles. The van der Waals surface area contributed by atoms with Crippen LogP contribution in [0.25, 0.3) is 0 Å². The number of methoxy groups -OCH3 is 1. The molecular formula is C27H30N2O4S. The summed E-state index contributed by atoms with van der Waals surface area (Å²) in [7, 11) is -1.95. The fourth-order valence-electron chi connectivity index (χ4n) is 4.29. The van der Waals surface area contributed by atoms with E-state index in [0.29, 0.717) is 24.7 Å². The number of amides is 1. The summed E-state index contributed by atoms with van der Waals surface area (Å²) in [6.45, 7) is 1.06. The molecule has 4 rings (SSSR count). The lowest BCUT2D eigenvalue weighted by atomic mass is 9.91. The zero-order valence-electron chi connectivity index (χ0n) is 19.3. The normalized spacial score (nSPS) is 15.1. The third kappa shape index (κ3) is 6.04. The number of ether oxygens (including phenoxy) is 1. The maximum Gasteiger partial charge on any atom is 0.243 e. The van der Waals surface area contributed by atoms with Crippen molar-refractivity contribution in [1.29, 1.82) is 0 Å². The van der Waals surface area contributed by atoms with Gasteiger partial charge in [-0.05, 0) is 72.7 Å². The summed E-state index contributed by atoms with van der Waals surface area (Å²) in [5, 5.41) is 2.83. The fraction of sp³-hybridized carbons (Fsp3) is 0.296. The molecule has 0 aliphatic carbocycles. The first-order chi connectivity index (χ1) is 16.4. The monoisotopic (exact) mass is 478 g/mol. The van der Waals surface area contributed by atoms with Gasteiger partial charge in [-0.1, -0.05) is 42.5 Å². The average Bonchev–Trinajstić information content (AvgIpc) is 2.86. The number of carbonyl (C=O) groups excluding carboxylic acids is 1. The largest absolute Gasteiger partial charge is 0.497 e. The van der Waals surface area contributed by atoms with E-state index in [2.05, 4.69) is 17.4 Å². The molecule has 1 heterocycles.